The minimum absolute atomic E-state index is 0.886. The fourth-order valence-corrected chi connectivity index (χ4v) is 3.35. The molecule has 126 valence electrons. The lowest BCUT2D eigenvalue weighted by atomic mass is 10.0. The minimum Gasteiger partial charge on any atom is -0.384 e. The lowest BCUT2D eigenvalue weighted by molar-refractivity contribution is 0.913. The number of nitrogens with one attached hydrogen (secondary N) is 2. The van der Waals surface area contributed by atoms with Crippen molar-refractivity contribution in [3.63, 3.8) is 0 Å². The van der Waals surface area contributed by atoms with Gasteiger partial charge in [0.05, 0.1) is 17.1 Å². The number of pyridine rings is 1. The van der Waals surface area contributed by atoms with Crippen molar-refractivity contribution in [2.45, 2.75) is 33.6 Å². The van der Waals surface area contributed by atoms with Crippen molar-refractivity contribution in [2.75, 3.05) is 16.6 Å². The molecule has 0 saturated carbocycles. The Bertz CT molecular complexity index is 854. The summed E-state index contributed by atoms with van der Waals surface area (Å²) in [5, 5.41) is 3.37. The van der Waals surface area contributed by atoms with Crippen molar-refractivity contribution < 1.29 is 0 Å². The Morgan fingerprint density at radius 3 is 2.75 bits per heavy atom. The van der Waals surface area contributed by atoms with Crippen LogP contribution in [0.1, 0.15) is 29.4 Å². The van der Waals surface area contributed by atoms with Gasteiger partial charge in [0, 0.05) is 18.4 Å². The van der Waals surface area contributed by atoms with Crippen LogP contribution in [0.5, 0.6) is 0 Å². The molecule has 0 aliphatic heterocycles. The number of thiol groups is 1. The molecule has 0 aliphatic carbocycles. The van der Waals surface area contributed by atoms with Crippen LogP contribution in [0.3, 0.4) is 0 Å². The SMILES string of the molecule is CCNc1cccc(CCc2nc3cc(C)ccn3c2C)c1NS. The molecule has 0 saturated heterocycles. The van der Waals surface area contributed by atoms with Crippen molar-refractivity contribution in [3.8, 4) is 0 Å². The molecule has 0 bridgehead atoms. The molecule has 3 aromatic rings. The van der Waals surface area contributed by atoms with Gasteiger partial charge >= 0.3 is 0 Å². The van der Waals surface area contributed by atoms with Crippen LogP contribution in [0.2, 0.25) is 0 Å². The number of benzene rings is 1. The Hall–Kier alpha value is -2.14. The van der Waals surface area contributed by atoms with E-state index >= 15 is 0 Å². The molecule has 2 aromatic heterocycles. The molecular weight excluding hydrogens is 316 g/mol. The molecule has 4 nitrogen and oxygen atoms in total. The number of imidazole rings is 1. The van der Waals surface area contributed by atoms with Crippen LogP contribution in [0.25, 0.3) is 5.65 Å². The first-order valence-corrected chi connectivity index (χ1v) is 8.78. The normalized spacial score (nSPS) is 11.0. The summed E-state index contributed by atoms with van der Waals surface area (Å²) in [7, 11) is 0. The van der Waals surface area contributed by atoms with E-state index in [9.17, 15) is 0 Å². The highest BCUT2D eigenvalue weighted by Gasteiger charge is 2.11. The van der Waals surface area contributed by atoms with Crippen molar-refractivity contribution >= 4 is 29.8 Å². The standard InChI is InChI=1S/C19H24N4S/c1-4-20-17-7-5-6-15(19(17)22-24)8-9-16-14(3)23-11-10-13(2)12-18(23)21-16/h5-7,10-12,20,22,24H,4,8-9H2,1-3H3. The zero-order valence-corrected chi connectivity index (χ0v) is 15.3. The Kier molecular flexibility index (Phi) is 5.00. The summed E-state index contributed by atoms with van der Waals surface area (Å²) in [6, 6.07) is 10.6. The Labute approximate surface area is 148 Å². The molecule has 0 spiro atoms. The van der Waals surface area contributed by atoms with E-state index in [1.807, 2.05) is 0 Å². The van der Waals surface area contributed by atoms with Gasteiger partial charge in [-0.25, -0.2) is 4.98 Å². The number of nitrogens with zero attached hydrogens (tertiary/aromatic N) is 2. The number of aromatic nitrogens is 2. The summed E-state index contributed by atoms with van der Waals surface area (Å²) in [5.74, 6) is 0. The van der Waals surface area contributed by atoms with Crippen LogP contribution in [-0.4, -0.2) is 15.9 Å². The van der Waals surface area contributed by atoms with Crippen molar-refractivity contribution in [3.05, 3.63) is 59.0 Å². The van der Waals surface area contributed by atoms with Crippen LogP contribution < -0.4 is 10.0 Å². The molecule has 2 heterocycles. The quantitative estimate of drug-likeness (QED) is 0.582. The molecule has 0 fully saturated rings. The van der Waals surface area contributed by atoms with Gasteiger partial charge in [0.25, 0.3) is 0 Å². The predicted octanol–water partition coefficient (Wildman–Crippen LogP) is 4.42. The lowest BCUT2D eigenvalue weighted by Gasteiger charge is -2.14. The average molecular weight is 340 g/mol. The second kappa shape index (κ2) is 7.18. The zero-order valence-electron chi connectivity index (χ0n) is 14.4. The highest BCUT2D eigenvalue weighted by Crippen LogP contribution is 2.28. The Morgan fingerprint density at radius 2 is 2.00 bits per heavy atom. The highest BCUT2D eigenvalue weighted by molar-refractivity contribution is 7.81. The smallest absolute Gasteiger partial charge is 0.137 e. The number of hydrogen-bond acceptors (Lipinski definition) is 4. The molecule has 3 rings (SSSR count). The first kappa shape index (κ1) is 16.7. The van der Waals surface area contributed by atoms with Crippen LogP contribution >= 0.6 is 12.8 Å². The molecule has 0 amide bonds. The van der Waals surface area contributed by atoms with Gasteiger partial charge in [-0.05, 0) is 62.9 Å². The summed E-state index contributed by atoms with van der Waals surface area (Å²) in [4.78, 5) is 4.81. The largest absolute Gasteiger partial charge is 0.384 e. The average Bonchev–Trinajstić information content (AvgIpc) is 2.88. The first-order valence-electron chi connectivity index (χ1n) is 8.34. The maximum Gasteiger partial charge on any atom is 0.137 e. The molecule has 24 heavy (non-hydrogen) atoms. The van der Waals surface area contributed by atoms with Crippen molar-refractivity contribution in [1.82, 2.24) is 9.38 Å². The molecular formula is C19H24N4S. The Balaban J connectivity index is 1.86. The van der Waals surface area contributed by atoms with E-state index in [0.717, 1.165) is 42.1 Å². The van der Waals surface area contributed by atoms with E-state index in [2.05, 4.69) is 84.6 Å². The third-order valence-corrected chi connectivity index (χ3v) is 4.60. The maximum atomic E-state index is 4.81. The topological polar surface area (TPSA) is 41.4 Å². The van der Waals surface area contributed by atoms with Crippen LogP contribution in [0, 0.1) is 13.8 Å². The molecule has 1 aromatic carbocycles. The third kappa shape index (κ3) is 3.22. The fraction of sp³-hybridized carbons (Fsp3) is 0.316. The van der Waals surface area contributed by atoms with E-state index in [1.165, 1.54) is 16.8 Å². The number of aryl methyl sites for hydroxylation is 4. The van der Waals surface area contributed by atoms with Gasteiger partial charge in [0.15, 0.2) is 0 Å². The summed E-state index contributed by atoms with van der Waals surface area (Å²) < 4.78 is 5.20. The maximum absolute atomic E-state index is 4.81. The van der Waals surface area contributed by atoms with Gasteiger partial charge in [0.2, 0.25) is 0 Å². The predicted molar refractivity (Wildman–Crippen MR) is 105 cm³/mol. The Morgan fingerprint density at radius 1 is 1.17 bits per heavy atom. The second-order valence-corrected chi connectivity index (χ2v) is 6.28. The van der Waals surface area contributed by atoms with E-state index in [-0.39, 0.29) is 0 Å². The number of anilines is 2. The van der Waals surface area contributed by atoms with Gasteiger partial charge < -0.3 is 14.4 Å². The van der Waals surface area contributed by atoms with Crippen molar-refractivity contribution in [2.24, 2.45) is 0 Å². The number of fused-ring (bicyclic) bond motifs is 1. The fourth-order valence-electron chi connectivity index (χ4n) is 3.09. The second-order valence-electron chi connectivity index (χ2n) is 6.06. The van der Waals surface area contributed by atoms with Crippen LogP contribution in [0.15, 0.2) is 36.5 Å². The van der Waals surface area contributed by atoms with Crippen LogP contribution in [0.4, 0.5) is 11.4 Å². The van der Waals surface area contributed by atoms with Gasteiger partial charge in [-0.1, -0.05) is 24.9 Å². The summed E-state index contributed by atoms with van der Waals surface area (Å²) in [6.07, 6.45) is 3.93. The molecule has 5 heteroatoms. The van der Waals surface area contributed by atoms with Gasteiger partial charge in [-0.2, -0.15) is 0 Å². The van der Waals surface area contributed by atoms with E-state index in [4.69, 9.17) is 4.98 Å². The van der Waals surface area contributed by atoms with E-state index in [0.29, 0.717) is 0 Å². The van der Waals surface area contributed by atoms with Gasteiger partial charge in [-0.15, -0.1) is 0 Å². The molecule has 0 atom stereocenters. The monoisotopic (exact) mass is 340 g/mol. The zero-order chi connectivity index (χ0) is 17.1. The van der Waals surface area contributed by atoms with Crippen LogP contribution in [-0.2, 0) is 12.8 Å². The van der Waals surface area contributed by atoms with E-state index < -0.39 is 0 Å². The number of para-hydroxylation sites is 1. The summed E-state index contributed by atoms with van der Waals surface area (Å²) >= 11 is 4.28. The molecule has 2 N–H and O–H groups in total. The molecule has 0 unspecified atom stereocenters. The highest BCUT2D eigenvalue weighted by atomic mass is 32.1. The minimum atomic E-state index is 0.886. The third-order valence-electron chi connectivity index (χ3n) is 4.38. The van der Waals surface area contributed by atoms with Gasteiger partial charge in [0.1, 0.15) is 5.65 Å². The lowest BCUT2D eigenvalue weighted by Crippen LogP contribution is -2.03. The number of hydrogen-bond donors (Lipinski definition) is 3. The molecule has 0 aliphatic rings. The first-order chi connectivity index (χ1) is 11.6. The number of rotatable bonds is 6. The van der Waals surface area contributed by atoms with Crippen molar-refractivity contribution in [1.29, 1.82) is 0 Å². The summed E-state index contributed by atoms with van der Waals surface area (Å²) in [5.41, 5.74) is 8.02. The van der Waals surface area contributed by atoms with Gasteiger partial charge in [-0.3, -0.25) is 0 Å². The summed E-state index contributed by atoms with van der Waals surface area (Å²) in [6.45, 7) is 7.21. The molecule has 0 radical (unpaired) electrons. The van der Waals surface area contributed by atoms with E-state index in [1.54, 1.807) is 0 Å².